The van der Waals surface area contributed by atoms with Crippen molar-refractivity contribution in [2.24, 2.45) is 11.8 Å². The van der Waals surface area contributed by atoms with Crippen molar-refractivity contribution in [3.8, 4) is 0 Å². The maximum Gasteiger partial charge on any atom is 0.227 e. The summed E-state index contributed by atoms with van der Waals surface area (Å²) in [4.78, 5) is 16.5. The van der Waals surface area contributed by atoms with E-state index in [1.54, 1.807) is 0 Å². The van der Waals surface area contributed by atoms with E-state index in [0.717, 1.165) is 38.4 Å². The van der Waals surface area contributed by atoms with Gasteiger partial charge in [-0.2, -0.15) is 0 Å². The number of rotatable bonds is 2. The monoisotopic (exact) mass is 276 g/mol. The minimum atomic E-state index is 0.224. The Morgan fingerprint density at radius 1 is 1.37 bits per heavy atom. The van der Waals surface area contributed by atoms with Crippen molar-refractivity contribution in [1.82, 2.24) is 10.2 Å². The van der Waals surface area contributed by atoms with Gasteiger partial charge < -0.3 is 10.2 Å². The Labute approximate surface area is 118 Å². The number of carbonyl (C=O) groups excluding carboxylic acids is 1. The highest BCUT2D eigenvalue weighted by Gasteiger charge is 2.43. The zero-order valence-corrected chi connectivity index (χ0v) is 11.9. The molecule has 0 radical (unpaired) electrons. The van der Waals surface area contributed by atoms with E-state index in [0.29, 0.717) is 11.9 Å². The molecule has 2 fully saturated rings. The number of hydrogen-bond donors (Lipinski definition) is 1. The Bertz CT molecular complexity index is 488. The van der Waals surface area contributed by atoms with E-state index in [-0.39, 0.29) is 5.92 Å². The van der Waals surface area contributed by atoms with Crippen molar-refractivity contribution in [2.75, 3.05) is 19.6 Å². The van der Waals surface area contributed by atoms with Gasteiger partial charge in [-0.3, -0.25) is 4.79 Å². The van der Waals surface area contributed by atoms with Crippen LogP contribution in [0.1, 0.15) is 35.7 Å². The van der Waals surface area contributed by atoms with Crippen molar-refractivity contribution >= 4 is 17.2 Å². The highest BCUT2D eigenvalue weighted by Crippen LogP contribution is 2.48. The van der Waals surface area contributed by atoms with E-state index >= 15 is 0 Å². The molecule has 1 amide bonds. The van der Waals surface area contributed by atoms with Crippen LogP contribution >= 0.6 is 11.3 Å². The van der Waals surface area contributed by atoms with Gasteiger partial charge in [-0.05, 0) is 55.2 Å². The first-order valence-electron chi connectivity index (χ1n) is 7.42. The summed E-state index contributed by atoms with van der Waals surface area (Å²) >= 11 is 1.87. The first-order valence-corrected chi connectivity index (χ1v) is 8.30. The van der Waals surface area contributed by atoms with Crippen molar-refractivity contribution < 1.29 is 4.79 Å². The molecular weight excluding hydrogens is 256 g/mol. The lowest BCUT2D eigenvalue weighted by atomic mass is 9.94. The van der Waals surface area contributed by atoms with Crippen LogP contribution in [-0.4, -0.2) is 30.4 Å². The summed E-state index contributed by atoms with van der Waals surface area (Å²) < 4.78 is 0. The molecule has 102 valence electrons. The molecule has 1 aromatic heterocycles. The van der Waals surface area contributed by atoms with Gasteiger partial charge in [0, 0.05) is 18.0 Å². The number of carbonyl (C=O) groups is 1. The third kappa shape index (κ3) is 2.01. The summed E-state index contributed by atoms with van der Waals surface area (Å²) in [6, 6.07) is 2.65. The van der Waals surface area contributed by atoms with Crippen LogP contribution in [0.3, 0.4) is 0 Å². The maximum atomic E-state index is 12.8. The number of amides is 1. The minimum Gasteiger partial charge on any atom is -0.335 e. The van der Waals surface area contributed by atoms with Crippen LogP contribution in [0.25, 0.3) is 0 Å². The minimum absolute atomic E-state index is 0.224. The molecule has 1 saturated carbocycles. The third-order valence-corrected chi connectivity index (χ3v) is 5.77. The summed E-state index contributed by atoms with van der Waals surface area (Å²) in [6.45, 7) is 2.81. The first-order chi connectivity index (χ1) is 9.34. The number of thiophene rings is 1. The average Bonchev–Trinajstić information content (AvgIpc) is 2.95. The van der Waals surface area contributed by atoms with Crippen LogP contribution in [0, 0.1) is 11.8 Å². The number of nitrogens with one attached hydrogen (secondary N) is 1. The van der Waals surface area contributed by atoms with E-state index in [1.807, 2.05) is 11.3 Å². The molecule has 0 bridgehead atoms. The average molecular weight is 276 g/mol. The van der Waals surface area contributed by atoms with E-state index < -0.39 is 0 Å². The zero-order chi connectivity index (χ0) is 12.8. The van der Waals surface area contributed by atoms with Gasteiger partial charge in [0.2, 0.25) is 5.91 Å². The van der Waals surface area contributed by atoms with Gasteiger partial charge in [-0.1, -0.05) is 0 Å². The fourth-order valence-electron chi connectivity index (χ4n) is 3.61. The van der Waals surface area contributed by atoms with Gasteiger partial charge in [0.15, 0.2) is 0 Å². The number of hydrogen-bond acceptors (Lipinski definition) is 3. The van der Waals surface area contributed by atoms with Gasteiger partial charge in [0.1, 0.15) is 0 Å². The molecule has 2 unspecified atom stereocenters. The lowest BCUT2D eigenvalue weighted by Gasteiger charge is -2.37. The predicted molar refractivity (Wildman–Crippen MR) is 76.2 cm³/mol. The van der Waals surface area contributed by atoms with Gasteiger partial charge in [0.25, 0.3) is 0 Å². The van der Waals surface area contributed by atoms with Crippen LogP contribution in [0.2, 0.25) is 0 Å². The molecule has 4 heteroatoms. The van der Waals surface area contributed by atoms with Crippen LogP contribution in [-0.2, 0) is 11.2 Å². The SMILES string of the molecule is O=C(C1CCNC1)N1CCc2sccc2C1C1CC1. The Balaban J connectivity index is 1.62. The van der Waals surface area contributed by atoms with Gasteiger partial charge in [-0.15, -0.1) is 11.3 Å². The molecule has 0 spiro atoms. The zero-order valence-electron chi connectivity index (χ0n) is 11.1. The van der Waals surface area contributed by atoms with Crippen molar-refractivity contribution in [3.63, 3.8) is 0 Å². The van der Waals surface area contributed by atoms with Crippen LogP contribution < -0.4 is 5.32 Å². The molecule has 1 aromatic rings. The summed E-state index contributed by atoms with van der Waals surface area (Å²) in [7, 11) is 0. The molecule has 2 atom stereocenters. The lowest BCUT2D eigenvalue weighted by Crippen LogP contribution is -2.44. The second-order valence-corrected chi connectivity index (χ2v) is 7.05. The fraction of sp³-hybridized carbons (Fsp3) is 0.667. The molecule has 0 aromatic carbocycles. The predicted octanol–water partition coefficient (Wildman–Crippen LogP) is 2.19. The summed E-state index contributed by atoms with van der Waals surface area (Å²) in [5, 5.41) is 5.52. The molecular formula is C15H20N2OS. The smallest absolute Gasteiger partial charge is 0.227 e. The molecule has 4 rings (SSSR count). The summed E-state index contributed by atoms with van der Waals surface area (Å²) in [5.41, 5.74) is 1.46. The standard InChI is InChI=1S/C15H20N2OS/c18-15(11-3-6-16-9-11)17-7-4-13-12(5-8-19-13)14(17)10-1-2-10/h5,8,10-11,14,16H,1-4,6-7,9H2. The second kappa shape index (κ2) is 4.60. The van der Waals surface area contributed by atoms with E-state index in [1.165, 1.54) is 23.3 Å². The Morgan fingerprint density at radius 2 is 2.26 bits per heavy atom. The molecule has 1 aliphatic carbocycles. The quantitative estimate of drug-likeness (QED) is 0.898. The molecule has 3 heterocycles. The van der Waals surface area contributed by atoms with Gasteiger partial charge in [0.05, 0.1) is 12.0 Å². The maximum absolute atomic E-state index is 12.8. The van der Waals surface area contributed by atoms with Gasteiger partial charge in [-0.25, -0.2) is 0 Å². The molecule has 3 aliphatic rings. The molecule has 2 aliphatic heterocycles. The fourth-order valence-corrected chi connectivity index (χ4v) is 4.53. The molecule has 1 N–H and O–H groups in total. The third-order valence-electron chi connectivity index (χ3n) is 4.78. The highest BCUT2D eigenvalue weighted by molar-refractivity contribution is 7.10. The van der Waals surface area contributed by atoms with E-state index in [9.17, 15) is 4.79 Å². The van der Waals surface area contributed by atoms with E-state index in [2.05, 4.69) is 21.7 Å². The Morgan fingerprint density at radius 3 is 3.00 bits per heavy atom. The molecule has 19 heavy (non-hydrogen) atoms. The topological polar surface area (TPSA) is 32.3 Å². The van der Waals surface area contributed by atoms with Crippen LogP contribution in [0.4, 0.5) is 0 Å². The highest BCUT2D eigenvalue weighted by atomic mass is 32.1. The largest absolute Gasteiger partial charge is 0.335 e. The number of fused-ring (bicyclic) bond motifs is 1. The normalized spacial score (nSPS) is 30.4. The van der Waals surface area contributed by atoms with E-state index in [4.69, 9.17) is 0 Å². The van der Waals surface area contributed by atoms with Gasteiger partial charge >= 0.3 is 0 Å². The lowest BCUT2D eigenvalue weighted by molar-refractivity contribution is -0.138. The van der Waals surface area contributed by atoms with Crippen LogP contribution in [0.15, 0.2) is 11.4 Å². The first kappa shape index (κ1) is 11.9. The molecule has 3 nitrogen and oxygen atoms in total. The van der Waals surface area contributed by atoms with Crippen LogP contribution in [0.5, 0.6) is 0 Å². The number of nitrogens with zero attached hydrogens (tertiary/aromatic N) is 1. The summed E-state index contributed by atoms with van der Waals surface area (Å²) in [6.07, 6.45) is 4.67. The van der Waals surface area contributed by atoms with Crippen molar-refractivity contribution in [2.45, 2.75) is 31.7 Å². The second-order valence-electron chi connectivity index (χ2n) is 6.05. The van der Waals surface area contributed by atoms with Crippen molar-refractivity contribution in [3.05, 3.63) is 21.9 Å². The Kier molecular flexibility index (Phi) is 2.88. The Hall–Kier alpha value is -0.870. The van der Waals surface area contributed by atoms with Crippen molar-refractivity contribution in [1.29, 1.82) is 0 Å². The molecule has 1 saturated heterocycles. The summed E-state index contributed by atoms with van der Waals surface area (Å²) in [5.74, 6) is 1.35.